The molecule has 12 heteroatoms. The monoisotopic (exact) mass is 415 g/mol. The Morgan fingerprint density at radius 1 is 0.931 bits per heavy atom. The maximum atomic E-state index is 13.9. The molecule has 0 atom stereocenters. The molecule has 0 aliphatic rings. The summed E-state index contributed by atoms with van der Waals surface area (Å²) in [4.78, 5) is 22.9. The van der Waals surface area contributed by atoms with Gasteiger partial charge in [0.15, 0.2) is 0 Å². The van der Waals surface area contributed by atoms with Crippen LogP contribution in [0.3, 0.4) is 0 Å². The van der Waals surface area contributed by atoms with Gasteiger partial charge in [-0.1, -0.05) is 30.3 Å². The van der Waals surface area contributed by atoms with E-state index in [1.807, 2.05) is 0 Å². The first-order valence-corrected chi connectivity index (χ1v) is 7.62. The minimum atomic E-state index is -5.97. The minimum Gasteiger partial charge on any atom is -0.258 e. The number of benzene rings is 2. The molecule has 29 heavy (non-hydrogen) atoms. The number of rotatable bonds is 6. The van der Waals surface area contributed by atoms with Gasteiger partial charge < -0.3 is 0 Å². The molecule has 0 bridgehead atoms. The number of non-ortho nitro benzene ring substituents is 1. The SMILES string of the molecule is O=[N+]([O-])c1ccc(C=N/C(=C\c2ccccc2)C(F)(F)C(F)(F)F)c([N+](=O)[O-])c1. The highest BCUT2D eigenvalue weighted by atomic mass is 19.4. The summed E-state index contributed by atoms with van der Waals surface area (Å²) in [6.45, 7) is 0. The summed E-state index contributed by atoms with van der Waals surface area (Å²) < 4.78 is 66.2. The maximum Gasteiger partial charge on any atom is 0.459 e. The molecule has 7 nitrogen and oxygen atoms in total. The standard InChI is InChI=1S/C17H10F5N3O4/c18-16(19,17(20,21)22)15(8-11-4-2-1-3-5-11)23-10-12-6-7-13(24(26)27)9-14(12)25(28)29/h1-10H/b15-8-,23-10?. The van der Waals surface area contributed by atoms with E-state index in [2.05, 4.69) is 4.99 Å². The number of nitro benzene ring substituents is 2. The first-order valence-electron chi connectivity index (χ1n) is 7.62. The van der Waals surface area contributed by atoms with Gasteiger partial charge in [-0.3, -0.25) is 25.2 Å². The zero-order valence-corrected chi connectivity index (χ0v) is 14.1. The lowest BCUT2D eigenvalue weighted by molar-refractivity contribution is -0.394. The molecule has 0 heterocycles. The van der Waals surface area contributed by atoms with E-state index in [0.717, 1.165) is 12.1 Å². The summed E-state index contributed by atoms with van der Waals surface area (Å²) in [5.74, 6) is -5.35. The van der Waals surface area contributed by atoms with Crippen molar-refractivity contribution in [2.75, 3.05) is 0 Å². The van der Waals surface area contributed by atoms with Gasteiger partial charge in [0.2, 0.25) is 0 Å². The Labute approximate surface area is 159 Å². The summed E-state index contributed by atoms with van der Waals surface area (Å²) >= 11 is 0. The van der Waals surface area contributed by atoms with Crippen LogP contribution in [0.2, 0.25) is 0 Å². The van der Waals surface area contributed by atoms with Crippen LogP contribution in [0.5, 0.6) is 0 Å². The molecule has 0 aromatic heterocycles. The third kappa shape index (κ3) is 4.97. The largest absolute Gasteiger partial charge is 0.459 e. The summed E-state index contributed by atoms with van der Waals surface area (Å²) in [5.41, 5.74) is -3.74. The lowest BCUT2D eigenvalue weighted by atomic mass is 10.1. The fourth-order valence-corrected chi connectivity index (χ4v) is 2.11. The van der Waals surface area contributed by atoms with E-state index in [9.17, 15) is 42.2 Å². The van der Waals surface area contributed by atoms with Gasteiger partial charge in [0, 0.05) is 12.3 Å². The maximum absolute atomic E-state index is 13.9. The molecule has 0 saturated heterocycles. The van der Waals surface area contributed by atoms with Crippen LogP contribution < -0.4 is 0 Å². The average molecular weight is 415 g/mol. The van der Waals surface area contributed by atoms with Crippen molar-refractivity contribution in [1.82, 2.24) is 0 Å². The molecule has 0 spiro atoms. The molecule has 0 saturated carbocycles. The van der Waals surface area contributed by atoms with E-state index < -0.39 is 44.6 Å². The average Bonchev–Trinajstić information content (AvgIpc) is 2.64. The van der Waals surface area contributed by atoms with Crippen LogP contribution in [0.15, 0.2) is 59.2 Å². The Kier molecular flexibility index (Phi) is 6.05. The van der Waals surface area contributed by atoms with E-state index in [4.69, 9.17) is 0 Å². The van der Waals surface area contributed by atoms with Crippen molar-refractivity contribution >= 4 is 23.7 Å². The van der Waals surface area contributed by atoms with Crippen LogP contribution in [0.25, 0.3) is 6.08 Å². The van der Waals surface area contributed by atoms with Gasteiger partial charge >= 0.3 is 12.1 Å². The number of alkyl halides is 5. The Morgan fingerprint density at radius 2 is 1.55 bits per heavy atom. The molecule has 2 aromatic rings. The lowest BCUT2D eigenvalue weighted by Gasteiger charge is -2.20. The molecule has 0 N–H and O–H groups in total. The van der Waals surface area contributed by atoms with E-state index >= 15 is 0 Å². The van der Waals surface area contributed by atoms with Gasteiger partial charge in [0.25, 0.3) is 11.4 Å². The second-order valence-electron chi connectivity index (χ2n) is 5.53. The van der Waals surface area contributed by atoms with Gasteiger partial charge in [0.1, 0.15) is 5.70 Å². The predicted molar refractivity (Wildman–Crippen MR) is 92.8 cm³/mol. The Hall–Kier alpha value is -3.70. The molecular weight excluding hydrogens is 405 g/mol. The third-order valence-electron chi connectivity index (χ3n) is 3.54. The molecule has 0 aliphatic carbocycles. The van der Waals surface area contributed by atoms with Crippen molar-refractivity contribution in [3.8, 4) is 0 Å². The quantitative estimate of drug-likeness (QED) is 0.282. The molecular formula is C17H10F5N3O4. The zero-order valence-electron chi connectivity index (χ0n) is 14.1. The van der Waals surface area contributed by atoms with Crippen LogP contribution in [-0.4, -0.2) is 28.2 Å². The third-order valence-corrected chi connectivity index (χ3v) is 3.54. The number of aliphatic imine (C=N–C) groups is 1. The van der Waals surface area contributed by atoms with Gasteiger partial charge in [-0.05, 0) is 17.7 Å². The highest BCUT2D eigenvalue weighted by molar-refractivity contribution is 5.87. The van der Waals surface area contributed by atoms with Crippen LogP contribution in [-0.2, 0) is 0 Å². The van der Waals surface area contributed by atoms with Crippen LogP contribution in [0.4, 0.5) is 33.3 Å². The van der Waals surface area contributed by atoms with Crippen molar-refractivity contribution in [2.45, 2.75) is 12.1 Å². The summed E-state index contributed by atoms with van der Waals surface area (Å²) in [6, 6.07) is 9.04. The normalized spacial score (nSPS) is 12.9. The fourth-order valence-electron chi connectivity index (χ4n) is 2.11. The van der Waals surface area contributed by atoms with Gasteiger partial charge in [-0.25, -0.2) is 0 Å². The number of hydrogen-bond acceptors (Lipinski definition) is 5. The van der Waals surface area contributed by atoms with Crippen LogP contribution in [0.1, 0.15) is 11.1 Å². The van der Waals surface area contributed by atoms with Crippen molar-refractivity contribution < 1.29 is 31.8 Å². The number of nitro groups is 2. The topological polar surface area (TPSA) is 98.6 Å². The molecule has 0 fully saturated rings. The van der Waals surface area contributed by atoms with Crippen LogP contribution >= 0.6 is 0 Å². The van der Waals surface area contributed by atoms with Crippen molar-refractivity contribution in [3.63, 3.8) is 0 Å². The van der Waals surface area contributed by atoms with Crippen molar-refractivity contribution in [2.24, 2.45) is 4.99 Å². The van der Waals surface area contributed by atoms with Gasteiger partial charge in [0.05, 0.1) is 21.5 Å². The minimum absolute atomic E-state index is 0.0122. The molecule has 0 radical (unpaired) electrons. The van der Waals surface area contributed by atoms with Gasteiger partial charge in [-0.2, -0.15) is 22.0 Å². The summed E-state index contributed by atoms with van der Waals surface area (Å²) in [6.07, 6.45) is -5.05. The zero-order chi connectivity index (χ0) is 21.8. The first-order chi connectivity index (χ1) is 13.4. The Bertz CT molecular complexity index is 988. The second kappa shape index (κ2) is 8.12. The lowest BCUT2D eigenvalue weighted by Crippen LogP contribution is -2.37. The molecule has 0 unspecified atom stereocenters. The Balaban J connectivity index is 2.58. The fraction of sp³-hybridized carbons (Fsp3) is 0.118. The summed E-state index contributed by atoms with van der Waals surface area (Å²) in [5, 5.41) is 21.8. The predicted octanol–water partition coefficient (Wildman–Crippen LogP) is 5.16. The highest BCUT2D eigenvalue weighted by Gasteiger charge is 2.60. The van der Waals surface area contributed by atoms with E-state index in [1.165, 1.54) is 30.3 Å². The van der Waals surface area contributed by atoms with E-state index in [-0.39, 0.29) is 5.56 Å². The molecule has 2 rings (SSSR count). The molecule has 2 aromatic carbocycles. The first kappa shape index (κ1) is 21.6. The molecule has 152 valence electrons. The van der Waals surface area contributed by atoms with Crippen LogP contribution in [0, 0.1) is 20.2 Å². The Morgan fingerprint density at radius 3 is 2.07 bits per heavy atom. The molecule has 0 aliphatic heterocycles. The number of hydrogen-bond donors (Lipinski definition) is 0. The van der Waals surface area contributed by atoms with E-state index in [0.29, 0.717) is 18.4 Å². The number of halogens is 5. The van der Waals surface area contributed by atoms with Gasteiger partial charge in [-0.15, -0.1) is 0 Å². The summed E-state index contributed by atoms with van der Waals surface area (Å²) in [7, 11) is 0. The molecule has 0 amide bonds. The smallest absolute Gasteiger partial charge is 0.258 e. The van der Waals surface area contributed by atoms with E-state index in [1.54, 1.807) is 0 Å². The second-order valence-corrected chi connectivity index (χ2v) is 5.53. The van der Waals surface area contributed by atoms with Crippen molar-refractivity contribution in [1.29, 1.82) is 0 Å². The number of nitrogens with zero attached hydrogens (tertiary/aromatic N) is 3. The highest BCUT2D eigenvalue weighted by Crippen LogP contribution is 2.42. The number of allylic oxidation sites excluding steroid dienone is 1. The van der Waals surface area contributed by atoms with Crippen molar-refractivity contribution in [3.05, 3.63) is 85.6 Å².